The fourth-order valence-electron chi connectivity index (χ4n) is 2.62. The summed E-state index contributed by atoms with van der Waals surface area (Å²) in [4.78, 5) is 12.2. The number of halogens is 2. The van der Waals surface area contributed by atoms with Gasteiger partial charge in [-0.3, -0.25) is 9.36 Å². The van der Waals surface area contributed by atoms with E-state index in [1.807, 2.05) is 28.8 Å². The topological polar surface area (TPSA) is 69.0 Å². The Labute approximate surface area is 170 Å². The van der Waals surface area contributed by atoms with Crippen molar-refractivity contribution in [2.45, 2.75) is 11.7 Å². The Bertz CT molecular complexity index is 1040. The number of para-hydroxylation sites is 1. The van der Waals surface area contributed by atoms with Crippen LogP contribution in [-0.2, 0) is 11.3 Å². The highest BCUT2D eigenvalue weighted by molar-refractivity contribution is 7.99. The van der Waals surface area contributed by atoms with E-state index in [1.54, 1.807) is 13.2 Å². The first-order chi connectivity index (χ1) is 14.0. The van der Waals surface area contributed by atoms with Gasteiger partial charge in [0.25, 0.3) is 0 Å². The summed E-state index contributed by atoms with van der Waals surface area (Å²) in [6.07, 6.45) is 1.70. The molecule has 150 valence electrons. The molecule has 0 radical (unpaired) electrons. The largest absolute Gasteiger partial charge is 0.496 e. The molecule has 1 heterocycles. The van der Waals surface area contributed by atoms with Gasteiger partial charge in [-0.1, -0.05) is 30.0 Å². The molecule has 0 unspecified atom stereocenters. The number of carbonyl (C=O) groups is 1. The number of nitrogens with zero attached hydrogens (tertiary/aromatic N) is 3. The second-order valence-corrected chi connectivity index (χ2v) is 6.81. The zero-order valence-electron chi connectivity index (χ0n) is 15.6. The summed E-state index contributed by atoms with van der Waals surface area (Å²) >= 11 is 1.17. The lowest BCUT2D eigenvalue weighted by Gasteiger charge is -2.10. The number of carbonyl (C=O) groups excluding carboxylic acids is 1. The summed E-state index contributed by atoms with van der Waals surface area (Å²) in [5.74, 6) is -1.13. The fraction of sp³-hybridized carbons (Fsp3) is 0.150. The Hall–Kier alpha value is -3.20. The molecule has 1 amide bonds. The number of ether oxygens (including phenoxy) is 1. The highest BCUT2D eigenvalue weighted by Crippen LogP contribution is 2.31. The first-order valence-electron chi connectivity index (χ1n) is 8.58. The number of benzene rings is 2. The van der Waals surface area contributed by atoms with Gasteiger partial charge in [-0.05, 0) is 24.3 Å². The van der Waals surface area contributed by atoms with Gasteiger partial charge in [0.15, 0.2) is 22.6 Å². The van der Waals surface area contributed by atoms with Crippen LogP contribution in [0, 0.1) is 11.6 Å². The number of nitrogens with one attached hydrogen (secondary N) is 1. The molecule has 0 bridgehead atoms. The average molecular weight is 416 g/mol. The summed E-state index contributed by atoms with van der Waals surface area (Å²) in [5.41, 5.74) is 0.944. The van der Waals surface area contributed by atoms with Gasteiger partial charge in [0.1, 0.15) is 5.75 Å². The van der Waals surface area contributed by atoms with Crippen molar-refractivity contribution in [2.75, 3.05) is 18.2 Å². The molecule has 0 aliphatic heterocycles. The fourth-order valence-corrected chi connectivity index (χ4v) is 3.37. The van der Waals surface area contributed by atoms with Crippen LogP contribution in [0.15, 0.2) is 60.3 Å². The lowest BCUT2D eigenvalue weighted by molar-refractivity contribution is -0.113. The average Bonchev–Trinajstić information content (AvgIpc) is 3.12. The van der Waals surface area contributed by atoms with Crippen molar-refractivity contribution in [1.29, 1.82) is 0 Å². The molecule has 0 aliphatic carbocycles. The third kappa shape index (κ3) is 4.80. The lowest BCUT2D eigenvalue weighted by atomic mass is 10.2. The third-order valence-electron chi connectivity index (χ3n) is 3.91. The van der Waals surface area contributed by atoms with Crippen LogP contribution in [0.1, 0.15) is 0 Å². The van der Waals surface area contributed by atoms with Gasteiger partial charge in [0.2, 0.25) is 5.91 Å². The zero-order valence-corrected chi connectivity index (χ0v) is 16.4. The van der Waals surface area contributed by atoms with Crippen LogP contribution in [0.2, 0.25) is 0 Å². The predicted molar refractivity (Wildman–Crippen MR) is 108 cm³/mol. The maximum Gasteiger partial charge on any atom is 0.234 e. The van der Waals surface area contributed by atoms with Crippen molar-refractivity contribution in [3.05, 3.63) is 66.8 Å². The zero-order chi connectivity index (χ0) is 20.8. The van der Waals surface area contributed by atoms with E-state index in [-0.39, 0.29) is 17.3 Å². The monoisotopic (exact) mass is 416 g/mol. The smallest absolute Gasteiger partial charge is 0.234 e. The lowest BCUT2D eigenvalue weighted by Crippen LogP contribution is -2.15. The molecule has 29 heavy (non-hydrogen) atoms. The van der Waals surface area contributed by atoms with Crippen molar-refractivity contribution in [3.8, 4) is 17.1 Å². The number of rotatable bonds is 8. The van der Waals surface area contributed by atoms with Crippen molar-refractivity contribution in [1.82, 2.24) is 14.8 Å². The highest BCUT2D eigenvalue weighted by atomic mass is 32.2. The number of thioether (sulfide) groups is 1. The predicted octanol–water partition coefficient (Wildman–Crippen LogP) is 4.15. The quantitative estimate of drug-likeness (QED) is 0.441. The molecule has 0 aliphatic rings. The molecule has 0 fully saturated rings. The normalized spacial score (nSPS) is 10.6. The van der Waals surface area contributed by atoms with Gasteiger partial charge in [-0.15, -0.1) is 16.8 Å². The van der Waals surface area contributed by atoms with Gasteiger partial charge in [0, 0.05) is 18.3 Å². The number of allylic oxidation sites excluding steroid dienone is 1. The van der Waals surface area contributed by atoms with Crippen molar-refractivity contribution >= 4 is 23.4 Å². The number of amides is 1. The summed E-state index contributed by atoms with van der Waals surface area (Å²) in [6.45, 7) is 4.20. The van der Waals surface area contributed by atoms with Crippen LogP contribution in [0.5, 0.6) is 5.75 Å². The van der Waals surface area contributed by atoms with Crippen LogP contribution >= 0.6 is 11.8 Å². The van der Waals surface area contributed by atoms with E-state index in [9.17, 15) is 13.6 Å². The summed E-state index contributed by atoms with van der Waals surface area (Å²) in [6, 6.07) is 10.6. The molecular weight excluding hydrogens is 398 g/mol. The summed E-state index contributed by atoms with van der Waals surface area (Å²) in [5, 5.41) is 11.5. The minimum absolute atomic E-state index is 0.0141. The molecule has 9 heteroatoms. The van der Waals surface area contributed by atoms with Gasteiger partial charge >= 0.3 is 0 Å². The Kier molecular flexibility index (Phi) is 6.61. The van der Waals surface area contributed by atoms with Gasteiger partial charge < -0.3 is 10.1 Å². The molecule has 6 nitrogen and oxygen atoms in total. The first-order valence-corrected chi connectivity index (χ1v) is 9.57. The Morgan fingerprint density at radius 3 is 2.76 bits per heavy atom. The number of hydrogen-bond donors (Lipinski definition) is 1. The molecule has 1 N–H and O–H groups in total. The van der Waals surface area contributed by atoms with E-state index < -0.39 is 11.6 Å². The standard InChI is InChI=1S/C20H18F2N4O2S/c1-3-10-26-19(14-6-4-5-7-17(14)28-2)24-25-20(26)29-12-18(27)23-13-8-9-15(21)16(22)11-13/h3-9,11H,1,10,12H2,2H3,(H,23,27). The maximum atomic E-state index is 13.3. The van der Waals surface area contributed by atoms with Gasteiger partial charge in [0.05, 0.1) is 18.4 Å². The third-order valence-corrected chi connectivity index (χ3v) is 4.88. The van der Waals surface area contributed by atoms with Gasteiger partial charge in [-0.2, -0.15) is 0 Å². The van der Waals surface area contributed by atoms with Crippen LogP contribution in [0.25, 0.3) is 11.4 Å². The molecular formula is C20H18F2N4O2S. The van der Waals surface area contributed by atoms with E-state index in [4.69, 9.17) is 4.74 Å². The van der Waals surface area contributed by atoms with E-state index in [0.717, 1.165) is 17.7 Å². The first kappa shape index (κ1) is 20.5. The molecule has 2 aromatic carbocycles. The molecule has 0 saturated carbocycles. The van der Waals surface area contributed by atoms with Crippen LogP contribution < -0.4 is 10.1 Å². The molecule has 0 spiro atoms. The van der Waals surface area contributed by atoms with Crippen molar-refractivity contribution in [3.63, 3.8) is 0 Å². The summed E-state index contributed by atoms with van der Waals surface area (Å²) < 4.78 is 33.5. The Morgan fingerprint density at radius 2 is 2.03 bits per heavy atom. The minimum Gasteiger partial charge on any atom is -0.496 e. The second kappa shape index (κ2) is 9.33. The molecule has 3 rings (SSSR count). The van der Waals surface area contributed by atoms with E-state index in [1.165, 1.54) is 17.8 Å². The van der Waals surface area contributed by atoms with Crippen molar-refractivity contribution < 1.29 is 18.3 Å². The van der Waals surface area contributed by atoms with Crippen LogP contribution in [0.3, 0.4) is 0 Å². The van der Waals surface area contributed by atoms with E-state index in [0.29, 0.717) is 23.3 Å². The van der Waals surface area contributed by atoms with E-state index >= 15 is 0 Å². The van der Waals surface area contributed by atoms with Crippen LogP contribution in [0.4, 0.5) is 14.5 Å². The van der Waals surface area contributed by atoms with Gasteiger partial charge in [-0.25, -0.2) is 8.78 Å². The molecule has 3 aromatic rings. The second-order valence-electron chi connectivity index (χ2n) is 5.87. The number of hydrogen-bond acceptors (Lipinski definition) is 5. The highest BCUT2D eigenvalue weighted by Gasteiger charge is 2.17. The maximum absolute atomic E-state index is 13.3. The Balaban J connectivity index is 1.75. The number of anilines is 1. The molecule has 0 atom stereocenters. The Morgan fingerprint density at radius 1 is 1.24 bits per heavy atom. The minimum atomic E-state index is -1.03. The SMILES string of the molecule is C=CCn1c(SCC(=O)Nc2ccc(F)c(F)c2)nnc1-c1ccccc1OC. The van der Waals surface area contributed by atoms with Crippen molar-refractivity contribution in [2.24, 2.45) is 0 Å². The molecule has 0 saturated heterocycles. The summed E-state index contributed by atoms with van der Waals surface area (Å²) in [7, 11) is 1.57. The van der Waals surface area contributed by atoms with E-state index in [2.05, 4.69) is 22.1 Å². The number of methoxy groups -OCH3 is 1. The molecule has 1 aromatic heterocycles. The number of aromatic nitrogens is 3. The van der Waals surface area contributed by atoms with Crippen LogP contribution in [-0.4, -0.2) is 33.5 Å².